The maximum Gasteiger partial charge on any atom is 0.291 e. The summed E-state index contributed by atoms with van der Waals surface area (Å²) in [6.45, 7) is 2.18. The lowest BCUT2D eigenvalue weighted by atomic mass is 9.90. The molecule has 12 nitrogen and oxygen atoms in total. The molecule has 1 saturated carbocycles. The molecule has 0 spiro atoms. The van der Waals surface area contributed by atoms with E-state index in [0.717, 1.165) is 12.1 Å². The van der Waals surface area contributed by atoms with E-state index in [1.54, 1.807) is 6.07 Å². The highest BCUT2D eigenvalue weighted by molar-refractivity contribution is 7.89. The van der Waals surface area contributed by atoms with E-state index in [2.05, 4.69) is 24.9 Å². The molecule has 0 bridgehead atoms. The zero-order valence-electron chi connectivity index (χ0n) is 22.7. The summed E-state index contributed by atoms with van der Waals surface area (Å²) in [6, 6.07) is 6.56. The second kappa shape index (κ2) is 10.5. The van der Waals surface area contributed by atoms with Gasteiger partial charge in [-0.2, -0.15) is 9.98 Å². The number of fused-ring (bicyclic) bond motifs is 3. The van der Waals surface area contributed by atoms with E-state index in [0.29, 0.717) is 85.3 Å². The van der Waals surface area contributed by atoms with Crippen molar-refractivity contribution >= 4 is 49.2 Å². The largest absolute Gasteiger partial charge is 0.381 e. The van der Waals surface area contributed by atoms with Crippen LogP contribution in [-0.2, 0) is 19.6 Å². The Morgan fingerprint density at radius 2 is 1.98 bits per heavy atom. The van der Waals surface area contributed by atoms with Crippen LogP contribution in [0.25, 0.3) is 27.1 Å². The highest BCUT2D eigenvalue weighted by Gasteiger charge is 2.47. The standard InChI is InChI=1S/C27H26F2N8O4S2/c28-22(29)24-33-34-26(42-24)37-19-11-17(43(39,40)35-27(13-30)6-7-27)1-2-18(19)20-21(31-14-32-23(20)37)15-3-8-36(9-4-15)25(38)16-5-10-41-12-16/h1-2,11,14-16,22,35H,3-10,12H2. The van der Waals surface area contributed by atoms with Gasteiger partial charge in [-0.1, -0.05) is 17.4 Å². The summed E-state index contributed by atoms with van der Waals surface area (Å²) in [5, 5.41) is 18.0. The summed E-state index contributed by atoms with van der Waals surface area (Å²) in [6.07, 6.45) is 1.48. The molecule has 4 aromatic rings. The normalized spacial score (nSPS) is 20.7. The summed E-state index contributed by atoms with van der Waals surface area (Å²) in [7, 11) is -4.08. The summed E-state index contributed by atoms with van der Waals surface area (Å²) in [5.74, 6) is -0.0126. The number of ether oxygens (including phenoxy) is 1. The molecule has 1 unspecified atom stereocenters. The van der Waals surface area contributed by atoms with Crippen LogP contribution in [0, 0.1) is 17.2 Å². The van der Waals surface area contributed by atoms with Gasteiger partial charge in [-0.15, -0.1) is 10.2 Å². The van der Waals surface area contributed by atoms with E-state index >= 15 is 0 Å². The quantitative estimate of drug-likeness (QED) is 0.324. The molecule has 3 aliphatic rings. The lowest BCUT2D eigenvalue weighted by Crippen LogP contribution is -2.41. The molecule has 2 saturated heterocycles. The first-order valence-corrected chi connectivity index (χ1v) is 16.2. The van der Waals surface area contributed by atoms with Crippen LogP contribution in [0.2, 0.25) is 0 Å². The SMILES string of the molecule is N#CC1(NS(=O)(=O)c2ccc3c4c(C5CCN(C(=O)C6CCOC6)CC5)ncnc4n(-c4nnc(C(F)F)s4)c3c2)CC1. The van der Waals surface area contributed by atoms with Gasteiger partial charge in [0.2, 0.25) is 21.1 Å². The fourth-order valence-electron chi connectivity index (χ4n) is 5.95. The topological polar surface area (TPSA) is 156 Å². The summed E-state index contributed by atoms with van der Waals surface area (Å²) < 4.78 is 62.9. The van der Waals surface area contributed by atoms with Gasteiger partial charge >= 0.3 is 0 Å². The molecular weight excluding hydrogens is 602 g/mol. The zero-order chi connectivity index (χ0) is 29.9. The fraction of sp³-hybridized carbons (Fsp3) is 0.481. The van der Waals surface area contributed by atoms with Gasteiger partial charge in [0.15, 0.2) is 10.7 Å². The Bertz CT molecular complexity index is 1890. The monoisotopic (exact) mass is 628 g/mol. The molecule has 1 amide bonds. The molecule has 7 rings (SSSR count). The van der Waals surface area contributed by atoms with Crippen molar-refractivity contribution in [1.82, 2.24) is 34.4 Å². The minimum Gasteiger partial charge on any atom is -0.381 e. The Labute approximate surface area is 248 Å². The molecule has 16 heteroatoms. The van der Waals surface area contributed by atoms with Crippen molar-refractivity contribution in [2.24, 2.45) is 5.92 Å². The fourth-order valence-corrected chi connectivity index (χ4v) is 8.06. The second-order valence-electron chi connectivity index (χ2n) is 11.2. The number of hydrogen-bond donors (Lipinski definition) is 1. The number of rotatable bonds is 7. The highest BCUT2D eigenvalue weighted by atomic mass is 32.2. The number of carbonyl (C=O) groups is 1. The van der Waals surface area contributed by atoms with Crippen LogP contribution in [0.4, 0.5) is 8.78 Å². The summed E-state index contributed by atoms with van der Waals surface area (Å²) in [4.78, 5) is 23.9. The second-order valence-corrected chi connectivity index (χ2v) is 13.8. The first-order valence-electron chi connectivity index (χ1n) is 13.9. The van der Waals surface area contributed by atoms with Crippen LogP contribution in [0.5, 0.6) is 0 Å². The van der Waals surface area contributed by atoms with Crippen molar-refractivity contribution in [3.63, 3.8) is 0 Å². The molecule has 1 N–H and O–H groups in total. The summed E-state index contributed by atoms with van der Waals surface area (Å²) in [5.41, 5.74) is 0.383. The smallest absolute Gasteiger partial charge is 0.291 e. The van der Waals surface area contributed by atoms with Crippen LogP contribution in [0.3, 0.4) is 0 Å². The Hall–Kier alpha value is -3.65. The van der Waals surface area contributed by atoms with Crippen molar-refractivity contribution in [3.8, 4) is 11.2 Å². The molecule has 5 heterocycles. The van der Waals surface area contributed by atoms with Crippen molar-refractivity contribution < 1.29 is 26.7 Å². The predicted molar refractivity (Wildman–Crippen MR) is 150 cm³/mol. The highest BCUT2D eigenvalue weighted by Crippen LogP contribution is 2.41. The molecule has 3 aromatic heterocycles. The Balaban J connectivity index is 1.31. The average Bonchev–Trinajstić information content (AvgIpc) is 3.39. The van der Waals surface area contributed by atoms with E-state index in [1.165, 1.54) is 23.0 Å². The molecule has 224 valence electrons. The van der Waals surface area contributed by atoms with Crippen molar-refractivity contribution in [1.29, 1.82) is 5.26 Å². The van der Waals surface area contributed by atoms with Gasteiger partial charge in [0.05, 0.1) is 34.7 Å². The maximum atomic E-state index is 13.5. The number of nitrogens with one attached hydrogen (secondary N) is 1. The van der Waals surface area contributed by atoms with Gasteiger partial charge in [-0.25, -0.2) is 27.2 Å². The average molecular weight is 629 g/mol. The predicted octanol–water partition coefficient (Wildman–Crippen LogP) is 3.44. The van der Waals surface area contributed by atoms with Gasteiger partial charge in [-0.05, 0) is 44.2 Å². The van der Waals surface area contributed by atoms with Crippen molar-refractivity contribution in [3.05, 3.63) is 35.2 Å². The van der Waals surface area contributed by atoms with Gasteiger partial charge in [0.25, 0.3) is 6.43 Å². The number of nitrogens with zero attached hydrogens (tertiary/aromatic N) is 7. The minimum absolute atomic E-state index is 0.0186. The number of piperidine rings is 1. The van der Waals surface area contributed by atoms with Crippen molar-refractivity contribution in [2.45, 2.75) is 54.9 Å². The van der Waals surface area contributed by atoms with E-state index in [4.69, 9.17) is 4.74 Å². The molecule has 1 atom stereocenters. The molecular formula is C27H26F2N8O4S2. The minimum atomic E-state index is -4.08. The van der Waals surface area contributed by atoms with E-state index in [-0.39, 0.29) is 27.8 Å². The number of benzene rings is 1. The number of nitriles is 1. The molecule has 0 radical (unpaired) electrons. The first-order chi connectivity index (χ1) is 20.7. The number of alkyl halides is 2. The lowest BCUT2D eigenvalue weighted by Gasteiger charge is -2.33. The molecule has 1 aliphatic carbocycles. The molecule has 1 aromatic carbocycles. The first kappa shape index (κ1) is 28.1. The zero-order valence-corrected chi connectivity index (χ0v) is 24.4. The number of likely N-dealkylation sites (tertiary alicyclic amines) is 1. The molecule has 3 fully saturated rings. The van der Waals surface area contributed by atoms with Crippen LogP contribution in [0.15, 0.2) is 29.4 Å². The Morgan fingerprint density at radius 1 is 1.19 bits per heavy atom. The maximum absolute atomic E-state index is 13.5. The van der Waals surface area contributed by atoms with Gasteiger partial charge in [0.1, 0.15) is 11.9 Å². The number of hydrogen-bond acceptors (Lipinski definition) is 10. The van der Waals surface area contributed by atoms with Gasteiger partial charge < -0.3 is 9.64 Å². The lowest BCUT2D eigenvalue weighted by molar-refractivity contribution is -0.136. The Morgan fingerprint density at radius 3 is 2.63 bits per heavy atom. The van der Waals surface area contributed by atoms with Crippen LogP contribution < -0.4 is 4.72 Å². The van der Waals surface area contributed by atoms with E-state index in [1.807, 2.05) is 11.0 Å². The number of halogens is 2. The number of amides is 1. The number of carbonyl (C=O) groups excluding carboxylic acids is 1. The number of sulfonamides is 1. The van der Waals surface area contributed by atoms with Crippen molar-refractivity contribution in [2.75, 3.05) is 26.3 Å². The third kappa shape index (κ3) is 4.93. The van der Waals surface area contributed by atoms with Crippen LogP contribution in [-0.4, -0.2) is 75.8 Å². The summed E-state index contributed by atoms with van der Waals surface area (Å²) >= 11 is 0.690. The molecule has 2 aliphatic heterocycles. The van der Waals surface area contributed by atoms with Gasteiger partial charge in [-0.3, -0.25) is 9.36 Å². The van der Waals surface area contributed by atoms with Crippen LogP contribution >= 0.6 is 11.3 Å². The third-order valence-corrected chi connectivity index (χ3v) is 10.9. The Kier molecular flexibility index (Phi) is 6.88. The third-order valence-electron chi connectivity index (χ3n) is 8.43. The van der Waals surface area contributed by atoms with E-state index in [9.17, 15) is 27.3 Å². The number of aromatic nitrogens is 5. The molecule has 43 heavy (non-hydrogen) atoms. The van der Waals surface area contributed by atoms with Gasteiger partial charge in [0, 0.05) is 36.4 Å². The van der Waals surface area contributed by atoms with Crippen LogP contribution in [0.1, 0.15) is 55.1 Å². The van der Waals surface area contributed by atoms with E-state index < -0.39 is 27.0 Å².